The Morgan fingerprint density at radius 3 is 2.81 bits per heavy atom. The lowest BCUT2D eigenvalue weighted by atomic mass is 10.1. The molecule has 1 amide bonds. The third kappa shape index (κ3) is 3.93. The Labute approximate surface area is 155 Å². The molecule has 2 aliphatic rings. The fraction of sp³-hybridized carbons (Fsp3) is 0.619. The number of nitrogens with zero attached hydrogens (tertiary/aromatic N) is 2. The second-order valence-electron chi connectivity index (χ2n) is 8.03. The monoisotopic (exact) mass is 354 g/mol. The minimum absolute atomic E-state index is 0.177. The number of aromatic nitrogens is 2. The number of nitrogens with one attached hydrogen (secondary N) is 2. The van der Waals surface area contributed by atoms with Crippen LogP contribution in [0.5, 0.6) is 0 Å². The standard InChI is InChI=1S/C21H30N4O/c1-15-10-11-17-18(13-15)24-21(23-17)19-9-6-12-25(19)14-20(26)22-16-7-4-2-3-5-8-16/h10-11,13,16,19H,2-9,12,14H2,1H3,(H,22,26)(H,23,24). The summed E-state index contributed by atoms with van der Waals surface area (Å²) in [7, 11) is 0. The summed E-state index contributed by atoms with van der Waals surface area (Å²) in [6, 6.07) is 6.91. The summed E-state index contributed by atoms with van der Waals surface area (Å²) >= 11 is 0. The molecule has 2 aromatic rings. The molecule has 5 nitrogen and oxygen atoms in total. The number of carbonyl (C=O) groups excluding carboxylic acids is 1. The van der Waals surface area contributed by atoms with E-state index in [9.17, 15) is 4.79 Å². The van der Waals surface area contributed by atoms with E-state index in [-0.39, 0.29) is 11.9 Å². The number of amides is 1. The van der Waals surface area contributed by atoms with Crippen LogP contribution in [0.25, 0.3) is 11.0 Å². The minimum Gasteiger partial charge on any atom is -0.352 e. The predicted molar refractivity (Wildman–Crippen MR) is 104 cm³/mol. The number of hydrogen-bond acceptors (Lipinski definition) is 3. The summed E-state index contributed by atoms with van der Waals surface area (Å²) in [5.41, 5.74) is 3.34. The summed E-state index contributed by atoms with van der Waals surface area (Å²) < 4.78 is 0. The Balaban J connectivity index is 1.41. The van der Waals surface area contributed by atoms with Crippen LogP contribution in [0.3, 0.4) is 0 Å². The molecule has 1 atom stereocenters. The highest BCUT2D eigenvalue weighted by atomic mass is 16.2. The Bertz CT molecular complexity index is 760. The van der Waals surface area contributed by atoms with Crippen molar-refractivity contribution in [1.29, 1.82) is 0 Å². The van der Waals surface area contributed by atoms with Gasteiger partial charge < -0.3 is 10.3 Å². The third-order valence-corrected chi connectivity index (χ3v) is 5.90. The summed E-state index contributed by atoms with van der Waals surface area (Å²) in [5, 5.41) is 3.28. The lowest BCUT2D eigenvalue weighted by Crippen LogP contribution is -2.41. The maximum Gasteiger partial charge on any atom is 0.234 e. The smallest absolute Gasteiger partial charge is 0.234 e. The van der Waals surface area contributed by atoms with E-state index in [0.717, 1.165) is 49.1 Å². The highest BCUT2D eigenvalue weighted by Crippen LogP contribution is 2.31. The molecule has 1 saturated carbocycles. The molecule has 1 saturated heterocycles. The molecule has 26 heavy (non-hydrogen) atoms. The Morgan fingerprint density at radius 2 is 2.00 bits per heavy atom. The number of aromatic amines is 1. The average molecular weight is 354 g/mol. The van der Waals surface area contributed by atoms with E-state index in [1.807, 2.05) is 0 Å². The van der Waals surface area contributed by atoms with Gasteiger partial charge in [0.05, 0.1) is 23.6 Å². The van der Waals surface area contributed by atoms with Gasteiger partial charge in [-0.2, -0.15) is 0 Å². The zero-order chi connectivity index (χ0) is 17.9. The van der Waals surface area contributed by atoms with Gasteiger partial charge in [-0.1, -0.05) is 31.7 Å². The SMILES string of the molecule is Cc1ccc2nc(C3CCCN3CC(=O)NC3CCCCCC3)[nH]c2c1. The molecule has 5 heteroatoms. The second kappa shape index (κ2) is 7.78. The number of carbonyl (C=O) groups is 1. The van der Waals surface area contributed by atoms with E-state index in [1.54, 1.807) is 0 Å². The van der Waals surface area contributed by atoms with Gasteiger partial charge in [-0.25, -0.2) is 4.98 Å². The molecule has 1 aromatic heterocycles. The van der Waals surface area contributed by atoms with Crippen LogP contribution < -0.4 is 5.32 Å². The summed E-state index contributed by atoms with van der Waals surface area (Å²) in [4.78, 5) is 23.2. The first-order chi connectivity index (χ1) is 12.7. The van der Waals surface area contributed by atoms with Crippen molar-refractivity contribution < 1.29 is 4.79 Å². The van der Waals surface area contributed by atoms with E-state index >= 15 is 0 Å². The molecule has 1 aliphatic carbocycles. The van der Waals surface area contributed by atoms with Crippen molar-refractivity contribution in [2.24, 2.45) is 0 Å². The minimum atomic E-state index is 0.177. The average Bonchev–Trinajstić information content (AvgIpc) is 3.15. The zero-order valence-corrected chi connectivity index (χ0v) is 15.8. The van der Waals surface area contributed by atoms with Gasteiger partial charge >= 0.3 is 0 Å². The fourth-order valence-electron chi connectivity index (χ4n) is 4.51. The predicted octanol–water partition coefficient (Wildman–Crippen LogP) is 3.85. The molecule has 1 unspecified atom stereocenters. The third-order valence-electron chi connectivity index (χ3n) is 5.90. The van der Waals surface area contributed by atoms with Crippen molar-refractivity contribution in [3.8, 4) is 0 Å². The molecule has 140 valence electrons. The number of rotatable bonds is 4. The zero-order valence-electron chi connectivity index (χ0n) is 15.8. The van der Waals surface area contributed by atoms with Gasteiger partial charge in [0.1, 0.15) is 5.82 Å². The Kier molecular flexibility index (Phi) is 5.25. The van der Waals surface area contributed by atoms with Crippen LogP contribution in [0.2, 0.25) is 0 Å². The van der Waals surface area contributed by atoms with Crippen molar-refractivity contribution >= 4 is 16.9 Å². The lowest BCUT2D eigenvalue weighted by Gasteiger charge is -2.24. The summed E-state index contributed by atoms with van der Waals surface area (Å²) in [5.74, 6) is 1.18. The fourth-order valence-corrected chi connectivity index (χ4v) is 4.51. The number of likely N-dealkylation sites (tertiary alicyclic amines) is 1. The number of benzene rings is 1. The van der Waals surface area contributed by atoms with Crippen molar-refractivity contribution in [2.75, 3.05) is 13.1 Å². The quantitative estimate of drug-likeness (QED) is 0.820. The van der Waals surface area contributed by atoms with Crippen LogP contribution >= 0.6 is 0 Å². The molecule has 1 aliphatic heterocycles. The van der Waals surface area contributed by atoms with Crippen LogP contribution in [0.15, 0.2) is 18.2 Å². The molecular formula is C21H30N4O. The molecule has 2 heterocycles. The number of imidazole rings is 1. The van der Waals surface area contributed by atoms with Gasteiger partial charge in [0.25, 0.3) is 0 Å². The van der Waals surface area contributed by atoms with Crippen LogP contribution in [0, 0.1) is 6.92 Å². The molecular weight excluding hydrogens is 324 g/mol. The van der Waals surface area contributed by atoms with E-state index < -0.39 is 0 Å². The van der Waals surface area contributed by atoms with Crippen molar-refractivity contribution in [3.63, 3.8) is 0 Å². The Hall–Kier alpha value is -1.88. The number of hydrogen-bond donors (Lipinski definition) is 2. The molecule has 1 aromatic carbocycles. The van der Waals surface area contributed by atoms with E-state index in [0.29, 0.717) is 12.6 Å². The van der Waals surface area contributed by atoms with Gasteiger partial charge in [0.2, 0.25) is 5.91 Å². The van der Waals surface area contributed by atoms with Crippen LogP contribution in [0.4, 0.5) is 0 Å². The van der Waals surface area contributed by atoms with Gasteiger partial charge in [-0.3, -0.25) is 9.69 Å². The van der Waals surface area contributed by atoms with E-state index in [2.05, 4.69) is 40.3 Å². The normalized spacial score (nSPS) is 22.6. The molecule has 0 radical (unpaired) electrons. The molecule has 0 spiro atoms. The molecule has 0 bridgehead atoms. The summed E-state index contributed by atoms with van der Waals surface area (Å²) in [6.45, 7) is 3.55. The van der Waals surface area contributed by atoms with Crippen LogP contribution in [-0.4, -0.2) is 39.9 Å². The maximum absolute atomic E-state index is 12.6. The number of H-pyrrole nitrogens is 1. The topological polar surface area (TPSA) is 61.0 Å². The first-order valence-corrected chi connectivity index (χ1v) is 10.2. The van der Waals surface area contributed by atoms with Crippen molar-refractivity contribution in [3.05, 3.63) is 29.6 Å². The second-order valence-corrected chi connectivity index (χ2v) is 8.03. The van der Waals surface area contributed by atoms with Gasteiger partial charge in [-0.05, 0) is 56.8 Å². The van der Waals surface area contributed by atoms with Gasteiger partial charge in [-0.15, -0.1) is 0 Å². The molecule has 2 N–H and O–H groups in total. The lowest BCUT2D eigenvalue weighted by molar-refractivity contribution is -0.123. The summed E-state index contributed by atoms with van der Waals surface area (Å²) in [6.07, 6.45) is 9.58. The van der Waals surface area contributed by atoms with Gasteiger partial charge in [0.15, 0.2) is 0 Å². The van der Waals surface area contributed by atoms with E-state index in [1.165, 1.54) is 31.2 Å². The maximum atomic E-state index is 12.6. The Morgan fingerprint density at radius 1 is 1.19 bits per heavy atom. The van der Waals surface area contributed by atoms with Gasteiger partial charge in [0, 0.05) is 6.04 Å². The number of aryl methyl sites for hydroxylation is 1. The first-order valence-electron chi connectivity index (χ1n) is 10.2. The van der Waals surface area contributed by atoms with E-state index in [4.69, 9.17) is 4.98 Å². The first kappa shape index (κ1) is 17.5. The molecule has 2 fully saturated rings. The van der Waals surface area contributed by atoms with Crippen molar-refractivity contribution in [1.82, 2.24) is 20.2 Å². The number of fused-ring (bicyclic) bond motifs is 1. The van der Waals surface area contributed by atoms with Crippen LogP contribution in [-0.2, 0) is 4.79 Å². The highest BCUT2D eigenvalue weighted by molar-refractivity contribution is 5.78. The van der Waals surface area contributed by atoms with Crippen molar-refractivity contribution in [2.45, 2.75) is 70.4 Å². The molecule has 4 rings (SSSR count). The highest BCUT2D eigenvalue weighted by Gasteiger charge is 2.30. The largest absolute Gasteiger partial charge is 0.352 e. The van der Waals surface area contributed by atoms with Crippen LogP contribution in [0.1, 0.15) is 68.8 Å².